The third kappa shape index (κ3) is 3.25. The molecule has 0 unspecified atom stereocenters. The Morgan fingerprint density at radius 1 is 1.24 bits per heavy atom. The van der Waals surface area contributed by atoms with E-state index in [9.17, 15) is 29.4 Å². The standard InChI is InChI=1S/C25H32O8/c1-13(26)33-12-20(29)25(31)19(28)10-18-16-6-5-14-9-15(27)7-8-23(14,2)21(16)17(22(30)32-4)11-24(18,25)3/h7-9,16-19,21,28,31H,5-6,10-12H2,1-4H3/t16-,17-,18-,19+,21+,23-,24-,25-/m0/s1. The van der Waals surface area contributed by atoms with Gasteiger partial charge in [-0.05, 0) is 55.6 Å². The number of Topliss-reactive ketones (excluding diaryl/α,β-unsaturated/α-hetero) is 1. The molecule has 0 heterocycles. The van der Waals surface area contributed by atoms with Crippen molar-refractivity contribution in [2.75, 3.05) is 13.7 Å². The Labute approximate surface area is 193 Å². The van der Waals surface area contributed by atoms with Crippen LogP contribution in [-0.2, 0) is 28.7 Å². The van der Waals surface area contributed by atoms with Crippen molar-refractivity contribution >= 4 is 23.5 Å². The van der Waals surface area contributed by atoms with E-state index in [0.29, 0.717) is 12.8 Å². The van der Waals surface area contributed by atoms with E-state index in [4.69, 9.17) is 9.47 Å². The molecule has 0 radical (unpaired) electrons. The number of hydrogen-bond donors (Lipinski definition) is 2. The van der Waals surface area contributed by atoms with E-state index in [1.807, 2.05) is 13.0 Å². The molecule has 0 bridgehead atoms. The maximum Gasteiger partial charge on any atom is 0.309 e. The molecule has 4 aliphatic rings. The number of esters is 2. The predicted molar refractivity (Wildman–Crippen MR) is 115 cm³/mol. The van der Waals surface area contributed by atoms with Crippen LogP contribution in [0.5, 0.6) is 0 Å². The fraction of sp³-hybridized carbons (Fsp3) is 0.680. The van der Waals surface area contributed by atoms with Crippen LogP contribution < -0.4 is 0 Å². The van der Waals surface area contributed by atoms with E-state index in [-0.39, 0.29) is 36.4 Å². The van der Waals surface area contributed by atoms with Crippen molar-refractivity contribution in [3.63, 3.8) is 0 Å². The SMILES string of the molecule is COC(=O)[C@H]1C[C@@]2(C)[C@@H](C[C@@H](O)[C@]2(O)C(=O)COC(C)=O)[C@@H]2CCC3=CC(=O)C=C[C@]3(C)[C@H]21. The number of ketones is 2. The Hall–Kier alpha value is -2.32. The maximum absolute atomic E-state index is 13.1. The smallest absolute Gasteiger partial charge is 0.309 e. The van der Waals surface area contributed by atoms with Crippen molar-refractivity contribution < 1.29 is 38.9 Å². The summed E-state index contributed by atoms with van der Waals surface area (Å²) in [6.45, 7) is 4.31. The van der Waals surface area contributed by atoms with E-state index < -0.39 is 52.8 Å². The molecule has 0 aromatic heterocycles. The highest BCUT2D eigenvalue weighted by atomic mass is 16.5. The van der Waals surface area contributed by atoms with E-state index >= 15 is 0 Å². The Bertz CT molecular complexity index is 965. The zero-order valence-electron chi connectivity index (χ0n) is 19.5. The van der Waals surface area contributed by atoms with Gasteiger partial charge in [-0.2, -0.15) is 0 Å². The van der Waals surface area contributed by atoms with Gasteiger partial charge in [0.05, 0.1) is 19.1 Å². The van der Waals surface area contributed by atoms with Crippen LogP contribution >= 0.6 is 0 Å². The second-order valence-corrected chi connectivity index (χ2v) is 10.5. The summed E-state index contributed by atoms with van der Waals surface area (Å²) < 4.78 is 10.0. The fourth-order valence-corrected chi connectivity index (χ4v) is 7.55. The number of aliphatic hydroxyl groups is 2. The summed E-state index contributed by atoms with van der Waals surface area (Å²) in [5.41, 5.74) is -2.83. The second kappa shape index (κ2) is 7.87. The maximum atomic E-state index is 13.1. The summed E-state index contributed by atoms with van der Waals surface area (Å²) in [6.07, 6.45) is 5.38. The molecule has 180 valence electrons. The summed E-state index contributed by atoms with van der Waals surface area (Å²) in [5, 5.41) is 22.7. The van der Waals surface area contributed by atoms with Gasteiger partial charge in [0.25, 0.3) is 0 Å². The molecule has 3 saturated carbocycles. The molecule has 4 rings (SSSR count). The number of rotatable bonds is 4. The summed E-state index contributed by atoms with van der Waals surface area (Å²) in [6, 6.07) is 0. The van der Waals surface area contributed by atoms with E-state index in [1.54, 1.807) is 13.0 Å². The minimum Gasteiger partial charge on any atom is -0.469 e. The van der Waals surface area contributed by atoms with E-state index in [1.165, 1.54) is 20.1 Å². The molecule has 33 heavy (non-hydrogen) atoms. The minimum atomic E-state index is -2.15. The Morgan fingerprint density at radius 3 is 2.58 bits per heavy atom. The van der Waals surface area contributed by atoms with Gasteiger partial charge in [0, 0.05) is 17.8 Å². The zero-order chi connectivity index (χ0) is 24.3. The lowest BCUT2D eigenvalue weighted by atomic mass is 9.44. The number of carbonyl (C=O) groups excluding carboxylic acids is 4. The molecule has 0 saturated heterocycles. The molecule has 0 amide bonds. The number of hydrogen-bond acceptors (Lipinski definition) is 8. The van der Waals surface area contributed by atoms with Gasteiger partial charge in [-0.15, -0.1) is 0 Å². The normalized spacial score (nSPS) is 43.6. The van der Waals surface area contributed by atoms with Crippen LogP contribution in [-0.4, -0.2) is 59.1 Å². The van der Waals surface area contributed by atoms with Crippen LogP contribution in [0, 0.1) is 34.5 Å². The van der Waals surface area contributed by atoms with Crippen molar-refractivity contribution in [3.05, 3.63) is 23.8 Å². The molecule has 0 aromatic rings. The first-order chi connectivity index (χ1) is 15.4. The topological polar surface area (TPSA) is 127 Å². The highest BCUT2D eigenvalue weighted by Crippen LogP contribution is 2.68. The zero-order valence-corrected chi connectivity index (χ0v) is 19.5. The van der Waals surface area contributed by atoms with Crippen LogP contribution in [0.4, 0.5) is 0 Å². The summed E-state index contributed by atoms with van der Waals surface area (Å²) in [5.74, 6) is -3.10. The average Bonchev–Trinajstić information content (AvgIpc) is 2.98. The molecule has 0 aromatic carbocycles. The molecule has 2 N–H and O–H groups in total. The molecule has 8 heteroatoms. The molecule has 8 nitrogen and oxygen atoms in total. The lowest BCUT2D eigenvalue weighted by Crippen LogP contribution is -2.63. The third-order valence-electron chi connectivity index (χ3n) is 9.08. The van der Waals surface area contributed by atoms with Crippen molar-refractivity contribution in [1.29, 1.82) is 0 Å². The molecule has 8 atom stereocenters. The molecular weight excluding hydrogens is 428 g/mol. The Balaban J connectivity index is 1.79. The number of allylic oxidation sites excluding steroid dienone is 4. The second-order valence-electron chi connectivity index (χ2n) is 10.5. The molecular formula is C25H32O8. The quantitative estimate of drug-likeness (QED) is 0.605. The first-order valence-corrected chi connectivity index (χ1v) is 11.5. The van der Waals surface area contributed by atoms with Gasteiger partial charge >= 0.3 is 11.9 Å². The van der Waals surface area contributed by atoms with Gasteiger partial charge in [0.2, 0.25) is 5.78 Å². The van der Waals surface area contributed by atoms with Crippen molar-refractivity contribution in [2.45, 2.75) is 58.2 Å². The van der Waals surface area contributed by atoms with Crippen LogP contribution in [0.25, 0.3) is 0 Å². The van der Waals surface area contributed by atoms with Gasteiger partial charge in [-0.1, -0.05) is 25.5 Å². The van der Waals surface area contributed by atoms with Crippen LogP contribution in [0.1, 0.15) is 46.5 Å². The lowest BCUT2D eigenvalue weighted by molar-refractivity contribution is -0.191. The number of methoxy groups -OCH3 is 1. The van der Waals surface area contributed by atoms with E-state index in [0.717, 1.165) is 5.57 Å². The average molecular weight is 461 g/mol. The Morgan fingerprint density at radius 2 is 1.94 bits per heavy atom. The van der Waals surface area contributed by atoms with Crippen molar-refractivity contribution in [1.82, 2.24) is 0 Å². The van der Waals surface area contributed by atoms with Gasteiger partial charge < -0.3 is 19.7 Å². The molecule has 3 fully saturated rings. The van der Waals surface area contributed by atoms with E-state index in [2.05, 4.69) is 0 Å². The summed E-state index contributed by atoms with van der Waals surface area (Å²) in [7, 11) is 1.31. The number of fused-ring (bicyclic) bond motifs is 5. The largest absolute Gasteiger partial charge is 0.469 e. The molecule has 4 aliphatic carbocycles. The fourth-order valence-electron chi connectivity index (χ4n) is 7.55. The molecule has 0 spiro atoms. The predicted octanol–water partition coefficient (Wildman–Crippen LogP) is 1.53. The van der Waals surface area contributed by atoms with Gasteiger partial charge in [0.1, 0.15) is 0 Å². The Kier molecular flexibility index (Phi) is 5.69. The highest BCUT2D eigenvalue weighted by molar-refractivity contribution is 6.01. The van der Waals surface area contributed by atoms with Gasteiger partial charge in [-0.3, -0.25) is 19.2 Å². The minimum absolute atomic E-state index is 0.0714. The first-order valence-electron chi connectivity index (χ1n) is 11.5. The summed E-state index contributed by atoms with van der Waals surface area (Å²) >= 11 is 0. The van der Waals surface area contributed by atoms with Crippen molar-refractivity contribution in [3.8, 4) is 0 Å². The van der Waals surface area contributed by atoms with Crippen LogP contribution in [0.3, 0.4) is 0 Å². The van der Waals surface area contributed by atoms with Crippen LogP contribution in [0.15, 0.2) is 23.8 Å². The number of carbonyl (C=O) groups is 4. The van der Waals surface area contributed by atoms with Crippen LogP contribution in [0.2, 0.25) is 0 Å². The lowest BCUT2D eigenvalue weighted by Gasteiger charge is -2.59. The summed E-state index contributed by atoms with van der Waals surface area (Å²) in [4.78, 5) is 49.5. The van der Waals surface area contributed by atoms with Gasteiger partial charge in [-0.25, -0.2) is 0 Å². The van der Waals surface area contributed by atoms with Crippen molar-refractivity contribution in [2.24, 2.45) is 34.5 Å². The highest BCUT2D eigenvalue weighted by Gasteiger charge is 2.72. The van der Waals surface area contributed by atoms with Gasteiger partial charge in [0.15, 0.2) is 18.0 Å². The number of ether oxygens (including phenoxy) is 2. The monoisotopic (exact) mass is 460 g/mol. The number of aliphatic hydroxyl groups excluding tert-OH is 1. The molecule has 0 aliphatic heterocycles. The first kappa shape index (κ1) is 23.8. The third-order valence-corrected chi connectivity index (χ3v) is 9.08.